The van der Waals surface area contributed by atoms with E-state index in [9.17, 15) is 0 Å². The third kappa shape index (κ3) is 2.53. The van der Waals surface area contributed by atoms with E-state index in [1.807, 2.05) is 0 Å². The topological polar surface area (TPSA) is 0 Å². The number of hydrogen-bond donors (Lipinski definition) is 0. The molecule has 30 heavy (non-hydrogen) atoms. The molecule has 0 fully saturated rings. The van der Waals surface area contributed by atoms with Gasteiger partial charge in [0.15, 0.2) is 0 Å². The summed E-state index contributed by atoms with van der Waals surface area (Å²) in [5.74, 6) is 1.10. The lowest BCUT2D eigenvalue weighted by molar-refractivity contribution is 0.724. The van der Waals surface area contributed by atoms with Crippen LogP contribution in [0.15, 0.2) is 103 Å². The minimum atomic E-state index is 0.360. The Morgan fingerprint density at radius 2 is 1.33 bits per heavy atom. The summed E-state index contributed by atoms with van der Waals surface area (Å²) in [6.07, 6.45) is 4.73. The summed E-state index contributed by atoms with van der Waals surface area (Å²) in [6.45, 7) is 2.35. The van der Waals surface area contributed by atoms with Gasteiger partial charge in [0.25, 0.3) is 0 Å². The van der Waals surface area contributed by atoms with Gasteiger partial charge in [0.1, 0.15) is 0 Å². The number of rotatable bonds is 3. The first-order valence-corrected chi connectivity index (χ1v) is 10.9. The summed E-state index contributed by atoms with van der Waals surface area (Å²) >= 11 is 0. The maximum absolute atomic E-state index is 2.42. The first kappa shape index (κ1) is 17.5. The molecule has 6 rings (SSSR count). The molecule has 4 aromatic rings. The van der Waals surface area contributed by atoms with Crippen LogP contribution in [0.3, 0.4) is 0 Å². The third-order valence-corrected chi connectivity index (χ3v) is 7.00. The molecular weight excluding hydrogens is 360 g/mol. The Hall–Kier alpha value is -3.38. The molecule has 2 aliphatic carbocycles. The Labute approximate surface area is 178 Å². The Bertz CT molecular complexity index is 1260. The zero-order chi connectivity index (χ0) is 20.1. The van der Waals surface area contributed by atoms with E-state index in [-0.39, 0.29) is 0 Å². The second-order valence-electron chi connectivity index (χ2n) is 8.52. The molecule has 0 aliphatic heterocycles. The van der Waals surface area contributed by atoms with Crippen molar-refractivity contribution in [3.63, 3.8) is 0 Å². The van der Waals surface area contributed by atoms with Crippen molar-refractivity contribution in [3.05, 3.63) is 137 Å². The maximum atomic E-state index is 2.42. The van der Waals surface area contributed by atoms with Gasteiger partial charge in [-0.25, -0.2) is 0 Å². The van der Waals surface area contributed by atoms with Crippen LogP contribution in [0.2, 0.25) is 0 Å². The number of benzene rings is 4. The highest BCUT2D eigenvalue weighted by atomic mass is 14.4. The van der Waals surface area contributed by atoms with Crippen LogP contribution in [0.1, 0.15) is 58.1 Å². The van der Waals surface area contributed by atoms with Gasteiger partial charge in [-0.15, -0.1) is 0 Å². The molecule has 0 spiro atoms. The molecule has 0 N–H and O–H groups in total. The molecule has 0 saturated heterocycles. The molecular formula is C30H24. The molecule has 0 bridgehead atoms. The second-order valence-corrected chi connectivity index (χ2v) is 8.52. The van der Waals surface area contributed by atoms with Crippen molar-refractivity contribution in [2.24, 2.45) is 0 Å². The summed E-state index contributed by atoms with van der Waals surface area (Å²) in [5.41, 5.74) is 11.4. The van der Waals surface area contributed by atoms with Gasteiger partial charge in [-0.1, -0.05) is 116 Å². The Kier molecular flexibility index (Phi) is 3.99. The molecule has 0 heterocycles. The lowest BCUT2D eigenvalue weighted by Gasteiger charge is -2.26. The van der Waals surface area contributed by atoms with E-state index in [2.05, 4.69) is 116 Å². The predicted molar refractivity (Wildman–Crippen MR) is 126 cm³/mol. The van der Waals surface area contributed by atoms with Gasteiger partial charge >= 0.3 is 0 Å². The van der Waals surface area contributed by atoms with Crippen molar-refractivity contribution >= 4 is 6.08 Å². The summed E-state index contributed by atoms with van der Waals surface area (Å²) in [6, 6.07) is 35.7. The van der Waals surface area contributed by atoms with Crippen molar-refractivity contribution in [2.75, 3.05) is 0 Å². The van der Waals surface area contributed by atoms with Crippen LogP contribution in [0.4, 0.5) is 0 Å². The highest BCUT2D eigenvalue weighted by Crippen LogP contribution is 2.55. The van der Waals surface area contributed by atoms with Gasteiger partial charge in [0.05, 0.1) is 0 Å². The minimum Gasteiger partial charge on any atom is -0.0754 e. The highest BCUT2D eigenvalue weighted by molar-refractivity contribution is 5.82. The molecule has 4 aromatic carbocycles. The van der Waals surface area contributed by atoms with Crippen molar-refractivity contribution in [1.82, 2.24) is 0 Å². The van der Waals surface area contributed by atoms with E-state index >= 15 is 0 Å². The molecule has 0 nitrogen and oxygen atoms in total. The zero-order valence-electron chi connectivity index (χ0n) is 17.1. The van der Waals surface area contributed by atoms with Crippen molar-refractivity contribution in [3.8, 4) is 11.1 Å². The standard InChI is InChI=1S/C30H24/c1-20(21-10-3-2-4-11-21)23-16-9-17-27-25-14-7-8-15-26(25)30(29(23)27)28-19-18-22-12-5-6-13-24(22)28/h2-20,28,30H,1H3. The van der Waals surface area contributed by atoms with E-state index in [4.69, 9.17) is 0 Å². The van der Waals surface area contributed by atoms with Crippen LogP contribution >= 0.6 is 0 Å². The summed E-state index contributed by atoms with van der Waals surface area (Å²) in [5, 5.41) is 0. The second kappa shape index (κ2) is 6.85. The summed E-state index contributed by atoms with van der Waals surface area (Å²) in [7, 11) is 0. The SMILES string of the molecule is CC(c1ccccc1)c1cccc2c1C(C1C=Cc3ccccc31)c1ccccc1-2. The summed E-state index contributed by atoms with van der Waals surface area (Å²) in [4.78, 5) is 0. The van der Waals surface area contributed by atoms with Crippen LogP contribution in [-0.4, -0.2) is 0 Å². The van der Waals surface area contributed by atoms with Crippen molar-refractivity contribution < 1.29 is 0 Å². The molecule has 3 unspecified atom stereocenters. The molecule has 0 radical (unpaired) electrons. The normalized spacial score (nSPS) is 19.2. The van der Waals surface area contributed by atoms with Gasteiger partial charge in [0.2, 0.25) is 0 Å². The molecule has 3 atom stereocenters. The fourth-order valence-electron chi connectivity index (χ4n) is 5.57. The van der Waals surface area contributed by atoms with Crippen molar-refractivity contribution in [2.45, 2.75) is 24.7 Å². The van der Waals surface area contributed by atoms with E-state index in [1.54, 1.807) is 0 Å². The monoisotopic (exact) mass is 384 g/mol. The average molecular weight is 385 g/mol. The number of allylic oxidation sites excluding steroid dienone is 1. The smallest absolute Gasteiger partial charge is 0.0208 e. The molecule has 144 valence electrons. The number of hydrogen-bond acceptors (Lipinski definition) is 0. The van der Waals surface area contributed by atoms with Gasteiger partial charge in [-0.2, -0.15) is 0 Å². The molecule has 0 amide bonds. The van der Waals surface area contributed by atoms with Crippen LogP contribution in [0.25, 0.3) is 17.2 Å². The quantitative estimate of drug-likeness (QED) is 0.338. The van der Waals surface area contributed by atoms with Gasteiger partial charge < -0.3 is 0 Å². The van der Waals surface area contributed by atoms with Gasteiger partial charge in [0, 0.05) is 17.8 Å². The van der Waals surface area contributed by atoms with E-state index in [1.165, 1.54) is 44.5 Å². The predicted octanol–water partition coefficient (Wildman–Crippen LogP) is 7.76. The Balaban J connectivity index is 1.57. The average Bonchev–Trinajstić information content (AvgIpc) is 3.38. The molecule has 2 aliphatic rings. The summed E-state index contributed by atoms with van der Waals surface area (Å²) < 4.78 is 0. The zero-order valence-corrected chi connectivity index (χ0v) is 17.1. The van der Waals surface area contributed by atoms with E-state index in [0.29, 0.717) is 17.8 Å². The maximum Gasteiger partial charge on any atom is 0.0208 e. The van der Waals surface area contributed by atoms with Crippen LogP contribution in [0, 0.1) is 0 Å². The third-order valence-electron chi connectivity index (χ3n) is 7.00. The van der Waals surface area contributed by atoms with Crippen LogP contribution < -0.4 is 0 Å². The lowest BCUT2D eigenvalue weighted by atomic mass is 9.77. The highest BCUT2D eigenvalue weighted by Gasteiger charge is 2.38. The largest absolute Gasteiger partial charge is 0.0754 e. The fourth-order valence-corrected chi connectivity index (χ4v) is 5.57. The van der Waals surface area contributed by atoms with Crippen LogP contribution in [0.5, 0.6) is 0 Å². The van der Waals surface area contributed by atoms with Gasteiger partial charge in [-0.05, 0) is 44.5 Å². The van der Waals surface area contributed by atoms with Crippen LogP contribution in [-0.2, 0) is 0 Å². The lowest BCUT2D eigenvalue weighted by Crippen LogP contribution is -2.11. The first-order chi connectivity index (χ1) is 14.8. The molecule has 0 aromatic heterocycles. The number of fused-ring (bicyclic) bond motifs is 4. The first-order valence-electron chi connectivity index (χ1n) is 10.9. The van der Waals surface area contributed by atoms with Crippen molar-refractivity contribution in [1.29, 1.82) is 0 Å². The minimum absolute atomic E-state index is 0.360. The molecule has 0 heteroatoms. The van der Waals surface area contributed by atoms with E-state index < -0.39 is 0 Å². The van der Waals surface area contributed by atoms with E-state index in [0.717, 1.165) is 0 Å². The molecule has 0 saturated carbocycles. The fraction of sp³-hybridized carbons (Fsp3) is 0.133. The Morgan fingerprint density at radius 3 is 2.20 bits per heavy atom. The van der Waals surface area contributed by atoms with Gasteiger partial charge in [-0.3, -0.25) is 0 Å². The Morgan fingerprint density at radius 1 is 0.633 bits per heavy atom.